The highest BCUT2D eigenvalue weighted by atomic mass is 16.4. The number of pyridine rings is 1. The highest BCUT2D eigenvalue weighted by Gasteiger charge is 2.13. The lowest BCUT2D eigenvalue weighted by atomic mass is 10.0. The predicted octanol–water partition coefficient (Wildman–Crippen LogP) is 3.96. The number of aromatic carboxylic acids is 1. The first-order chi connectivity index (χ1) is 11.2. The quantitative estimate of drug-likeness (QED) is 0.776. The second-order valence-electron chi connectivity index (χ2n) is 5.43. The van der Waals surface area contributed by atoms with Crippen LogP contribution >= 0.6 is 0 Å². The fraction of sp³-hybridized carbons (Fsp3) is 0.100. The molecule has 0 spiro atoms. The van der Waals surface area contributed by atoms with Gasteiger partial charge in [-0.3, -0.25) is 4.98 Å². The van der Waals surface area contributed by atoms with Gasteiger partial charge in [0.15, 0.2) is 0 Å². The van der Waals surface area contributed by atoms with Crippen LogP contribution in [-0.4, -0.2) is 16.1 Å². The maximum absolute atomic E-state index is 11.4. The van der Waals surface area contributed by atoms with Gasteiger partial charge in [0.25, 0.3) is 0 Å². The molecule has 0 aliphatic heterocycles. The number of carbonyl (C=O) groups is 1. The smallest absolute Gasteiger partial charge is 0.337 e. The second-order valence-corrected chi connectivity index (χ2v) is 5.43. The van der Waals surface area contributed by atoms with Crippen LogP contribution in [0.25, 0.3) is 0 Å². The Kier molecular flexibility index (Phi) is 4.48. The number of rotatable bonds is 5. The van der Waals surface area contributed by atoms with Crippen molar-refractivity contribution in [2.45, 2.75) is 12.8 Å². The third-order valence-electron chi connectivity index (χ3n) is 3.70. The summed E-state index contributed by atoms with van der Waals surface area (Å²) in [5.41, 5.74) is 3.98. The Morgan fingerprint density at radius 3 is 1.91 bits per heavy atom. The van der Waals surface area contributed by atoms with Crippen LogP contribution in [0.5, 0.6) is 0 Å². The molecule has 0 unspecified atom stereocenters. The molecule has 0 atom stereocenters. The van der Waals surface area contributed by atoms with Gasteiger partial charge in [-0.05, 0) is 23.3 Å². The molecule has 3 aromatic rings. The van der Waals surface area contributed by atoms with E-state index in [1.165, 1.54) is 0 Å². The van der Waals surface area contributed by atoms with Crippen molar-refractivity contribution in [2.75, 3.05) is 0 Å². The molecule has 23 heavy (non-hydrogen) atoms. The van der Waals surface area contributed by atoms with E-state index >= 15 is 0 Å². The van der Waals surface area contributed by atoms with Crippen molar-refractivity contribution in [3.8, 4) is 0 Å². The first kappa shape index (κ1) is 15.0. The van der Waals surface area contributed by atoms with Gasteiger partial charge in [0.05, 0.1) is 11.3 Å². The van der Waals surface area contributed by atoms with Crippen molar-refractivity contribution in [1.29, 1.82) is 0 Å². The minimum absolute atomic E-state index is 0.269. The summed E-state index contributed by atoms with van der Waals surface area (Å²) in [4.78, 5) is 16.0. The molecule has 0 saturated heterocycles. The van der Waals surface area contributed by atoms with E-state index < -0.39 is 5.97 Å². The van der Waals surface area contributed by atoms with E-state index in [2.05, 4.69) is 4.98 Å². The van der Waals surface area contributed by atoms with Gasteiger partial charge in [0.1, 0.15) is 0 Å². The Hall–Kier alpha value is -2.94. The van der Waals surface area contributed by atoms with E-state index in [1.54, 1.807) is 12.1 Å². The molecule has 3 rings (SSSR count). The summed E-state index contributed by atoms with van der Waals surface area (Å²) in [6.07, 6.45) is 1.22. The van der Waals surface area contributed by atoms with Crippen LogP contribution in [-0.2, 0) is 12.8 Å². The molecule has 1 N–H and O–H groups in total. The maximum atomic E-state index is 11.4. The molecule has 0 aliphatic carbocycles. The number of benzene rings is 2. The fourth-order valence-corrected chi connectivity index (χ4v) is 2.57. The summed E-state index contributed by atoms with van der Waals surface area (Å²) < 4.78 is 0. The van der Waals surface area contributed by atoms with E-state index in [0.29, 0.717) is 18.5 Å². The summed E-state index contributed by atoms with van der Waals surface area (Å²) in [6.45, 7) is 0. The molecule has 0 bridgehead atoms. The zero-order chi connectivity index (χ0) is 16.1. The van der Waals surface area contributed by atoms with Crippen molar-refractivity contribution in [3.05, 3.63) is 101 Å². The third kappa shape index (κ3) is 3.83. The van der Waals surface area contributed by atoms with Gasteiger partial charge in [0.2, 0.25) is 0 Å². The van der Waals surface area contributed by atoms with Crippen LogP contribution in [0.15, 0.2) is 72.8 Å². The minimum Gasteiger partial charge on any atom is -0.478 e. The van der Waals surface area contributed by atoms with Crippen molar-refractivity contribution < 1.29 is 9.90 Å². The summed E-state index contributed by atoms with van der Waals surface area (Å²) >= 11 is 0. The van der Waals surface area contributed by atoms with Crippen LogP contribution in [0.1, 0.15) is 32.9 Å². The standard InChI is InChI=1S/C20H17NO2/c22-20(23)18-12-11-17(13-15-7-3-1-4-8-15)21-19(18)14-16-9-5-2-6-10-16/h1-12H,13-14H2,(H,22,23). The second kappa shape index (κ2) is 6.88. The van der Waals surface area contributed by atoms with E-state index in [4.69, 9.17) is 0 Å². The number of hydrogen-bond donors (Lipinski definition) is 1. The monoisotopic (exact) mass is 303 g/mol. The SMILES string of the molecule is O=C(O)c1ccc(Cc2ccccc2)nc1Cc1ccccc1. The Morgan fingerprint density at radius 2 is 1.35 bits per heavy atom. The predicted molar refractivity (Wildman–Crippen MR) is 89.7 cm³/mol. The highest BCUT2D eigenvalue weighted by molar-refractivity contribution is 5.89. The Labute approximate surface area is 135 Å². The molecule has 0 saturated carbocycles. The summed E-state index contributed by atoms with van der Waals surface area (Å²) in [7, 11) is 0. The lowest BCUT2D eigenvalue weighted by Crippen LogP contribution is -2.08. The van der Waals surface area contributed by atoms with E-state index in [-0.39, 0.29) is 5.56 Å². The Balaban J connectivity index is 1.91. The molecule has 0 amide bonds. The van der Waals surface area contributed by atoms with Crippen molar-refractivity contribution >= 4 is 5.97 Å². The zero-order valence-electron chi connectivity index (χ0n) is 12.6. The highest BCUT2D eigenvalue weighted by Crippen LogP contribution is 2.16. The lowest BCUT2D eigenvalue weighted by molar-refractivity contribution is 0.0695. The summed E-state index contributed by atoms with van der Waals surface area (Å²) in [5.74, 6) is -0.935. The van der Waals surface area contributed by atoms with Crippen molar-refractivity contribution in [1.82, 2.24) is 4.98 Å². The summed E-state index contributed by atoms with van der Waals surface area (Å²) in [6, 6.07) is 23.3. The van der Waals surface area contributed by atoms with E-state index in [0.717, 1.165) is 16.8 Å². The summed E-state index contributed by atoms with van der Waals surface area (Å²) in [5, 5.41) is 9.38. The van der Waals surface area contributed by atoms with Gasteiger partial charge in [-0.25, -0.2) is 4.79 Å². The average molecular weight is 303 g/mol. The average Bonchev–Trinajstić information content (AvgIpc) is 2.57. The molecule has 0 aliphatic rings. The molecular weight excluding hydrogens is 286 g/mol. The lowest BCUT2D eigenvalue weighted by Gasteiger charge is -2.09. The molecule has 3 heteroatoms. The van der Waals surface area contributed by atoms with Gasteiger partial charge in [-0.2, -0.15) is 0 Å². The Bertz CT molecular complexity index is 798. The molecule has 3 nitrogen and oxygen atoms in total. The van der Waals surface area contributed by atoms with Crippen LogP contribution in [0.4, 0.5) is 0 Å². The zero-order valence-corrected chi connectivity index (χ0v) is 12.6. The molecular formula is C20H17NO2. The first-order valence-corrected chi connectivity index (χ1v) is 7.52. The largest absolute Gasteiger partial charge is 0.478 e. The molecule has 0 radical (unpaired) electrons. The van der Waals surface area contributed by atoms with Crippen LogP contribution in [0.3, 0.4) is 0 Å². The van der Waals surface area contributed by atoms with Crippen molar-refractivity contribution in [3.63, 3.8) is 0 Å². The van der Waals surface area contributed by atoms with Gasteiger partial charge in [0, 0.05) is 18.5 Å². The van der Waals surface area contributed by atoms with Crippen LogP contribution in [0, 0.1) is 0 Å². The number of carboxylic acid groups (broad SMARTS) is 1. The molecule has 1 aromatic heterocycles. The van der Waals surface area contributed by atoms with Gasteiger partial charge < -0.3 is 5.11 Å². The number of nitrogens with zero attached hydrogens (tertiary/aromatic N) is 1. The van der Waals surface area contributed by atoms with Gasteiger partial charge in [-0.15, -0.1) is 0 Å². The number of hydrogen-bond acceptors (Lipinski definition) is 2. The van der Waals surface area contributed by atoms with E-state index in [1.807, 2.05) is 60.7 Å². The number of aromatic nitrogens is 1. The minimum atomic E-state index is -0.935. The fourth-order valence-electron chi connectivity index (χ4n) is 2.57. The van der Waals surface area contributed by atoms with Gasteiger partial charge >= 0.3 is 5.97 Å². The molecule has 0 fully saturated rings. The van der Waals surface area contributed by atoms with Crippen LogP contribution in [0.2, 0.25) is 0 Å². The van der Waals surface area contributed by atoms with Crippen molar-refractivity contribution in [2.24, 2.45) is 0 Å². The normalized spacial score (nSPS) is 10.4. The molecule has 2 aromatic carbocycles. The van der Waals surface area contributed by atoms with E-state index in [9.17, 15) is 9.90 Å². The molecule has 114 valence electrons. The first-order valence-electron chi connectivity index (χ1n) is 7.52. The maximum Gasteiger partial charge on any atom is 0.337 e. The topological polar surface area (TPSA) is 50.2 Å². The number of carboxylic acids is 1. The third-order valence-corrected chi connectivity index (χ3v) is 3.70. The molecule has 1 heterocycles. The van der Waals surface area contributed by atoms with Crippen LogP contribution < -0.4 is 0 Å². The Morgan fingerprint density at radius 1 is 0.783 bits per heavy atom. The van der Waals surface area contributed by atoms with Gasteiger partial charge in [-0.1, -0.05) is 60.7 Å².